The molecule has 0 saturated heterocycles. The van der Waals surface area contributed by atoms with Crippen LogP contribution >= 0.6 is 0 Å². The Morgan fingerprint density at radius 2 is 0.750 bits per heavy atom. The third-order valence-electron chi connectivity index (χ3n) is 0.524. The first kappa shape index (κ1) is 25.5. The van der Waals surface area contributed by atoms with Gasteiger partial charge in [0.25, 0.3) is 0 Å². The fourth-order valence-corrected chi connectivity index (χ4v) is 1.19. The molecule has 0 heterocycles. The molecule has 16 heavy (non-hydrogen) atoms. The molecule has 8 nitrogen and oxygen atoms in total. The molecule has 0 atom stereocenters. The van der Waals surface area contributed by atoms with E-state index in [-0.39, 0.29) is 34.0 Å². The van der Waals surface area contributed by atoms with E-state index >= 15 is 0 Å². The number of nitrogens with one attached hydrogen (secondary N) is 4. The van der Waals surface area contributed by atoms with Gasteiger partial charge in [0, 0.05) is 0 Å². The van der Waals surface area contributed by atoms with Crippen LogP contribution in [0.1, 0.15) is 0 Å². The summed E-state index contributed by atoms with van der Waals surface area (Å²) in [7, 11) is 0. The Balaban J connectivity index is -0.0000000800. The summed E-state index contributed by atoms with van der Waals surface area (Å²) in [6.07, 6.45) is 2.34. The van der Waals surface area contributed by atoms with Crippen molar-refractivity contribution in [1.29, 1.82) is 0 Å². The number of carbonyl (C=O) groups is 4. The summed E-state index contributed by atoms with van der Waals surface area (Å²) < 4.78 is 9.59. The molecule has 0 fully saturated rings. The zero-order chi connectivity index (χ0) is 11.1. The normalized spacial score (nSPS) is 5.00. The number of carbonyl (C=O) groups excluding carboxylic acids is 4. The molecule has 12 heteroatoms. The Kier molecular flexibility index (Phi) is 47.1. The first-order chi connectivity index (χ1) is 6.83. The van der Waals surface area contributed by atoms with Gasteiger partial charge < -0.3 is 34.0 Å². The van der Waals surface area contributed by atoms with Crippen LogP contribution < -0.4 is 47.0 Å². The zero-order valence-corrected chi connectivity index (χ0v) is 15.8. The van der Waals surface area contributed by atoms with E-state index in [4.69, 9.17) is 0 Å². The molecule has 90 valence electrons. The average molecular weight is 518 g/mol. The summed E-state index contributed by atoms with van der Waals surface area (Å²) in [5, 5.41) is 0. The van der Waals surface area contributed by atoms with Gasteiger partial charge in [-0.1, -0.05) is 0 Å². The van der Waals surface area contributed by atoms with E-state index in [0.717, 1.165) is 0 Å². The Morgan fingerprint density at radius 3 is 0.875 bits per heavy atom. The number of rotatable bonds is 8. The van der Waals surface area contributed by atoms with E-state index in [9.17, 15) is 19.2 Å². The monoisotopic (exact) mass is 514 g/mol. The quantitative estimate of drug-likeness (QED) is 0.189. The van der Waals surface area contributed by atoms with Crippen LogP contribution in [-0.2, 0) is 66.8 Å². The summed E-state index contributed by atoms with van der Waals surface area (Å²) in [5.41, 5.74) is 0. The van der Waals surface area contributed by atoms with Gasteiger partial charge in [0.2, 0.25) is 0 Å². The minimum atomic E-state index is -1.05. The van der Waals surface area contributed by atoms with Crippen molar-refractivity contribution in [2.75, 3.05) is 0 Å². The summed E-state index contributed by atoms with van der Waals surface area (Å²) in [4.78, 5) is 37.8. The maximum Gasteiger partial charge on any atom is -1.00 e. The van der Waals surface area contributed by atoms with Crippen molar-refractivity contribution >= 4 is 25.6 Å². The summed E-state index contributed by atoms with van der Waals surface area (Å²) in [6.45, 7) is 0. The maximum absolute atomic E-state index is 9.46. The van der Waals surface area contributed by atoms with Gasteiger partial charge in [0.15, 0.2) is 0 Å². The molecule has 0 aromatic rings. The minimum Gasteiger partial charge on any atom is -1.00 e. The Hall–Kier alpha value is 0.606. The topological polar surface area (TPSA) is 116 Å². The molecular formula is C4H8Br2N4O4Zr2. The summed E-state index contributed by atoms with van der Waals surface area (Å²) in [5.74, 6) is 0. The second-order valence-corrected chi connectivity index (χ2v) is 5.37. The van der Waals surface area contributed by atoms with E-state index in [2.05, 4.69) is 13.0 Å². The Morgan fingerprint density at radius 1 is 0.562 bits per heavy atom. The van der Waals surface area contributed by atoms with Crippen LogP contribution in [0.2, 0.25) is 0 Å². The molecule has 0 spiro atoms. The van der Waals surface area contributed by atoms with E-state index < -0.39 is 47.6 Å². The van der Waals surface area contributed by atoms with Crippen molar-refractivity contribution in [3.8, 4) is 0 Å². The molecule has 4 N–H and O–H groups in total. The number of hydrogen-bond acceptors (Lipinski definition) is 4. The zero-order valence-electron chi connectivity index (χ0n) is 7.70. The van der Waals surface area contributed by atoms with Crippen LogP contribution in [0.3, 0.4) is 0 Å². The predicted octanol–water partition coefficient (Wildman–Crippen LogP) is -9.21. The molecule has 0 saturated carbocycles. The number of amides is 4. The SMILES string of the molecule is O=C[NH][Zr+][NH]C=O.O=C[NH][Zr+][NH]C=O.[Br-].[Br-]. The van der Waals surface area contributed by atoms with Gasteiger partial charge in [-0.25, -0.2) is 0 Å². The largest absolute Gasteiger partial charge is 1.00 e. The average Bonchev–Trinajstić information content (AvgIpc) is 2.21. The Labute approximate surface area is 138 Å². The maximum atomic E-state index is 9.46. The second kappa shape index (κ2) is 29.6. The van der Waals surface area contributed by atoms with Gasteiger partial charge in [-0.15, -0.1) is 0 Å². The standard InChI is InChI=1S/4CH3NO.2BrH.2Zr/c4*2-1-3;;;;/h4*1H,(H2,2,3);2*1H;;/q;;;;;;2*+3/p-6. The van der Waals surface area contributed by atoms with Gasteiger partial charge in [-0.2, -0.15) is 0 Å². The van der Waals surface area contributed by atoms with Crippen LogP contribution in [0.25, 0.3) is 0 Å². The fourth-order valence-electron chi connectivity index (χ4n) is 0.201. The van der Waals surface area contributed by atoms with Gasteiger partial charge >= 0.3 is 105 Å². The first-order valence-electron chi connectivity index (χ1n) is 3.10. The molecule has 4 amide bonds. The molecule has 0 aliphatic heterocycles. The van der Waals surface area contributed by atoms with Gasteiger partial charge in [0.05, 0.1) is 0 Å². The molecule has 0 aromatic heterocycles. The molecule has 0 radical (unpaired) electrons. The van der Waals surface area contributed by atoms with Crippen LogP contribution in [0.4, 0.5) is 0 Å². The second-order valence-electron chi connectivity index (χ2n) is 1.30. The molecule has 0 rings (SSSR count). The number of halogens is 2. The summed E-state index contributed by atoms with van der Waals surface area (Å²) in [6, 6.07) is 0. The van der Waals surface area contributed by atoms with Crippen molar-refractivity contribution < 1.29 is 101 Å². The molecule has 0 aliphatic rings. The number of hydrogen-bond donors (Lipinski definition) is 4. The molecule has 0 unspecified atom stereocenters. The van der Waals surface area contributed by atoms with Crippen molar-refractivity contribution in [3.63, 3.8) is 0 Å². The van der Waals surface area contributed by atoms with E-state index in [0.29, 0.717) is 25.6 Å². The van der Waals surface area contributed by atoms with Crippen molar-refractivity contribution in [2.24, 2.45) is 0 Å². The molecule has 0 bridgehead atoms. The van der Waals surface area contributed by atoms with Gasteiger partial charge in [-0.05, 0) is 0 Å². The Bertz CT molecular complexity index is 144. The van der Waals surface area contributed by atoms with Crippen molar-refractivity contribution in [1.82, 2.24) is 13.0 Å². The van der Waals surface area contributed by atoms with Gasteiger partial charge in [0.1, 0.15) is 0 Å². The summed E-state index contributed by atoms with van der Waals surface area (Å²) >= 11 is -2.11. The molecular weight excluding hydrogens is 510 g/mol. The van der Waals surface area contributed by atoms with Crippen molar-refractivity contribution in [2.45, 2.75) is 0 Å². The third-order valence-corrected chi connectivity index (χ3v) is 3.10. The smallest absolute Gasteiger partial charge is 1.00 e. The van der Waals surface area contributed by atoms with E-state index in [1.54, 1.807) is 0 Å². The van der Waals surface area contributed by atoms with Crippen molar-refractivity contribution in [3.05, 3.63) is 0 Å². The van der Waals surface area contributed by atoms with Gasteiger partial charge in [-0.3, -0.25) is 0 Å². The van der Waals surface area contributed by atoms with E-state index in [1.165, 1.54) is 0 Å². The van der Waals surface area contributed by atoms with E-state index in [1.807, 2.05) is 0 Å². The fraction of sp³-hybridized carbons (Fsp3) is 0. The minimum absolute atomic E-state index is 0. The molecule has 0 aromatic carbocycles. The van der Waals surface area contributed by atoms with Crippen LogP contribution in [0.5, 0.6) is 0 Å². The predicted molar refractivity (Wildman–Crippen MR) is 36.8 cm³/mol. The van der Waals surface area contributed by atoms with Crippen LogP contribution in [0, 0.1) is 0 Å². The first-order valence-corrected chi connectivity index (χ1v) is 8.01. The van der Waals surface area contributed by atoms with Crippen LogP contribution in [-0.4, -0.2) is 25.6 Å². The van der Waals surface area contributed by atoms with Crippen LogP contribution in [0.15, 0.2) is 0 Å². The molecule has 0 aliphatic carbocycles. The third kappa shape index (κ3) is 36.5.